The smallest absolute Gasteiger partial charge is 0.410 e. The summed E-state index contributed by atoms with van der Waals surface area (Å²) in [5.74, 6) is 0.105. The number of amides is 2. The number of hydrogen-bond acceptors (Lipinski definition) is 6. The van der Waals surface area contributed by atoms with E-state index in [9.17, 15) is 9.59 Å². The highest BCUT2D eigenvalue weighted by atomic mass is 35.5. The van der Waals surface area contributed by atoms with Crippen LogP contribution in [0.25, 0.3) is 11.6 Å². The highest BCUT2D eigenvalue weighted by Gasteiger charge is 2.38. The van der Waals surface area contributed by atoms with Gasteiger partial charge in [-0.3, -0.25) is 14.7 Å². The molecule has 2 aromatic heterocycles. The Hall–Kier alpha value is -3.69. The molecule has 10 heteroatoms. The molecule has 3 heterocycles. The molecule has 3 aromatic rings. The number of halogens is 1. The van der Waals surface area contributed by atoms with Crippen LogP contribution in [0.1, 0.15) is 66.9 Å². The van der Waals surface area contributed by atoms with Gasteiger partial charge in [0.2, 0.25) is 5.91 Å². The number of aryl methyl sites for hydroxylation is 1. The molecule has 0 radical (unpaired) electrons. The van der Waals surface area contributed by atoms with E-state index in [0.717, 1.165) is 46.5 Å². The minimum absolute atomic E-state index is 0.0521. The zero-order valence-corrected chi connectivity index (χ0v) is 24.3. The molecule has 1 saturated heterocycles. The molecule has 2 aliphatic carbocycles. The van der Waals surface area contributed by atoms with Crippen LogP contribution in [0.5, 0.6) is 0 Å². The summed E-state index contributed by atoms with van der Waals surface area (Å²) in [6, 6.07) is 9.39. The standard InChI is InChI=1S/C31H35ClN6O3/c1-19(2)41-31(40)38-13-11-37(12-14-38)29-23-9-8-22(32)16-24(23)25(15-21-5-4-10-34-27(21)29)28(26-17-33-18-36(26)3)35-30(39)20-6-7-20/h4-5,8-10,15-20,28-29H,6-7,11-14H2,1-3H3,(H,35,39)/t28-,29+/m1/s1. The van der Waals surface area contributed by atoms with Crippen molar-refractivity contribution in [1.29, 1.82) is 0 Å². The summed E-state index contributed by atoms with van der Waals surface area (Å²) in [6.07, 6.45) is 8.92. The van der Waals surface area contributed by atoms with Gasteiger partial charge in [0.05, 0.1) is 42.1 Å². The molecule has 214 valence electrons. The molecule has 0 unspecified atom stereocenters. The van der Waals surface area contributed by atoms with Crippen molar-refractivity contribution >= 4 is 35.3 Å². The van der Waals surface area contributed by atoms with Crippen molar-refractivity contribution < 1.29 is 14.3 Å². The van der Waals surface area contributed by atoms with Gasteiger partial charge in [0.25, 0.3) is 0 Å². The lowest BCUT2D eigenvalue weighted by molar-refractivity contribution is -0.122. The first-order valence-electron chi connectivity index (χ1n) is 14.2. The number of carbonyl (C=O) groups excluding carboxylic acids is 2. The van der Waals surface area contributed by atoms with Gasteiger partial charge in [-0.1, -0.05) is 23.7 Å². The van der Waals surface area contributed by atoms with Crippen LogP contribution in [-0.4, -0.2) is 68.6 Å². The Labute approximate surface area is 245 Å². The third-order valence-electron chi connectivity index (χ3n) is 8.03. The van der Waals surface area contributed by atoms with Gasteiger partial charge in [0.1, 0.15) is 0 Å². The summed E-state index contributed by atoms with van der Waals surface area (Å²) in [5, 5.41) is 3.95. The molecule has 6 rings (SSSR count). The lowest BCUT2D eigenvalue weighted by Crippen LogP contribution is -2.50. The van der Waals surface area contributed by atoms with Crippen molar-refractivity contribution in [2.45, 2.75) is 44.9 Å². The maximum Gasteiger partial charge on any atom is 0.410 e. The number of imidazole rings is 1. The molecule has 1 aliphatic heterocycles. The number of hydrogen-bond donors (Lipinski definition) is 1. The maximum atomic E-state index is 13.2. The summed E-state index contributed by atoms with van der Waals surface area (Å²) in [7, 11) is 1.94. The van der Waals surface area contributed by atoms with E-state index >= 15 is 0 Å². The van der Waals surface area contributed by atoms with Gasteiger partial charge < -0.3 is 19.5 Å². The predicted molar refractivity (Wildman–Crippen MR) is 157 cm³/mol. The van der Waals surface area contributed by atoms with Crippen LogP contribution < -0.4 is 5.32 Å². The van der Waals surface area contributed by atoms with Crippen molar-refractivity contribution in [3.63, 3.8) is 0 Å². The first-order valence-corrected chi connectivity index (χ1v) is 14.6. The third-order valence-corrected chi connectivity index (χ3v) is 8.27. The van der Waals surface area contributed by atoms with Gasteiger partial charge in [-0.15, -0.1) is 0 Å². The van der Waals surface area contributed by atoms with Gasteiger partial charge in [0.15, 0.2) is 0 Å². The molecule has 1 N–H and O–H groups in total. The van der Waals surface area contributed by atoms with Crippen LogP contribution in [-0.2, 0) is 16.6 Å². The van der Waals surface area contributed by atoms with Crippen LogP contribution in [0, 0.1) is 5.92 Å². The SMILES string of the molecule is CC(C)OC(=O)N1CCN([C@H]2c3ccc(Cl)cc3C([C@@H](NC(=O)C3CC3)c3cncn3C)=Cc3cccnc32)CC1. The van der Waals surface area contributed by atoms with Crippen molar-refractivity contribution in [2.24, 2.45) is 13.0 Å². The Bertz CT molecular complexity index is 1490. The number of ether oxygens (including phenoxy) is 1. The second-order valence-electron chi connectivity index (χ2n) is 11.3. The van der Waals surface area contributed by atoms with E-state index in [0.29, 0.717) is 31.2 Å². The summed E-state index contributed by atoms with van der Waals surface area (Å²) in [6.45, 7) is 6.16. The zero-order valence-electron chi connectivity index (χ0n) is 23.6. The molecule has 2 fully saturated rings. The number of pyridine rings is 1. The zero-order chi connectivity index (χ0) is 28.7. The molecule has 9 nitrogen and oxygen atoms in total. The second kappa shape index (κ2) is 11.3. The Kier molecular flexibility index (Phi) is 7.57. The first-order chi connectivity index (χ1) is 19.8. The van der Waals surface area contributed by atoms with Crippen molar-refractivity contribution in [3.8, 4) is 0 Å². The Morgan fingerprint density at radius 3 is 2.59 bits per heavy atom. The number of carbonyl (C=O) groups is 2. The van der Waals surface area contributed by atoms with E-state index in [1.54, 1.807) is 11.2 Å². The Morgan fingerprint density at radius 2 is 1.90 bits per heavy atom. The summed E-state index contributed by atoms with van der Waals surface area (Å²) in [5.41, 5.74) is 5.76. The predicted octanol–water partition coefficient (Wildman–Crippen LogP) is 4.84. The van der Waals surface area contributed by atoms with E-state index in [1.807, 2.05) is 56.1 Å². The maximum absolute atomic E-state index is 13.2. The average Bonchev–Trinajstić information content (AvgIpc) is 3.74. The fraction of sp³-hybridized carbons (Fsp3) is 0.419. The number of aromatic nitrogens is 3. The summed E-state index contributed by atoms with van der Waals surface area (Å²) < 4.78 is 7.40. The summed E-state index contributed by atoms with van der Waals surface area (Å²) >= 11 is 6.64. The topological polar surface area (TPSA) is 92.6 Å². The van der Waals surface area contributed by atoms with Gasteiger partial charge in [-0.05, 0) is 73.2 Å². The Balaban J connectivity index is 1.43. The fourth-order valence-electron chi connectivity index (χ4n) is 5.80. The molecule has 41 heavy (non-hydrogen) atoms. The molecule has 3 aliphatic rings. The largest absolute Gasteiger partial charge is 0.447 e. The van der Waals surface area contributed by atoms with E-state index in [2.05, 4.69) is 33.4 Å². The number of rotatable bonds is 6. The van der Waals surface area contributed by atoms with Gasteiger partial charge in [0, 0.05) is 50.4 Å². The molecule has 0 spiro atoms. The second-order valence-corrected chi connectivity index (χ2v) is 11.7. The number of nitrogens with zero attached hydrogens (tertiary/aromatic N) is 5. The molecular formula is C31H35ClN6O3. The van der Waals surface area contributed by atoms with Crippen molar-refractivity contribution in [1.82, 2.24) is 29.7 Å². The highest BCUT2D eigenvalue weighted by molar-refractivity contribution is 6.30. The van der Waals surface area contributed by atoms with Crippen LogP contribution >= 0.6 is 11.6 Å². The lowest BCUT2D eigenvalue weighted by atomic mass is 9.89. The number of nitrogens with one attached hydrogen (secondary N) is 1. The minimum atomic E-state index is -0.428. The van der Waals surface area contributed by atoms with Crippen LogP contribution in [0.4, 0.5) is 4.79 Å². The van der Waals surface area contributed by atoms with E-state index < -0.39 is 6.04 Å². The fourth-order valence-corrected chi connectivity index (χ4v) is 5.97. The van der Waals surface area contributed by atoms with Gasteiger partial charge >= 0.3 is 6.09 Å². The normalized spacial score (nSPS) is 19.6. The molecule has 1 aromatic carbocycles. The third kappa shape index (κ3) is 5.61. The molecule has 0 bridgehead atoms. The molecule has 2 atom stereocenters. The molecular weight excluding hydrogens is 540 g/mol. The Morgan fingerprint density at radius 1 is 1.12 bits per heavy atom. The highest BCUT2D eigenvalue weighted by Crippen LogP contribution is 2.44. The van der Waals surface area contributed by atoms with Crippen molar-refractivity contribution in [2.75, 3.05) is 26.2 Å². The van der Waals surface area contributed by atoms with Crippen LogP contribution in [0.2, 0.25) is 5.02 Å². The first kappa shape index (κ1) is 27.5. The van der Waals surface area contributed by atoms with Gasteiger partial charge in [-0.2, -0.15) is 0 Å². The number of fused-ring (bicyclic) bond motifs is 2. The van der Waals surface area contributed by atoms with Crippen molar-refractivity contribution in [3.05, 3.63) is 82.2 Å². The van der Waals surface area contributed by atoms with E-state index in [4.69, 9.17) is 21.3 Å². The minimum Gasteiger partial charge on any atom is -0.447 e. The van der Waals surface area contributed by atoms with Crippen LogP contribution in [0.15, 0.2) is 49.1 Å². The molecule has 2 amide bonds. The summed E-state index contributed by atoms with van der Waals surface area (Å²) in [4.78, 5) is 39.2. The van der Waals surface area contributed by atoms with Gasteiger partial charge in [-0.25, -0.2) is 9.78 Å². The average molecular weight is 575 g/mol. The molecule has 1 saturated carbocycles. The monoisotopic (exact) mass is 574 g/mol. The number of piperazine rings is 1. The quantitative estimate of drug-likeness (QED) is 0.453. The number of benzene rings is 1. The van der Waals surface area contributed by atoms with Crippen LogP contribution in [0.3, 0.4) is 0 Å². The van der Waals surface area contributed by atoms with E-state index in [-0.39, 0.29) is 30.1 Å². The van der Waals surface area contributed by atoms with E-state index in [1.165, 1.54) is 0 Å². The lowest BCUT2D eigenvalue weighted by Gasteiger charge is -2.39.